The molecule has 0 aliphatic heterocycles. The Hall–Kier alpha value is -2.30. The molecule has 0 fully saturated rings. The SMILES string of the molecule is O=Cc1ccc(OCc2cc(F)cc(F)c2)cn1. The number of hydrogen-bond donors (Lipinski definition) is 0. The molecule has 0 atom stereocenters. The minimum atomic E-state index is -0.650. The van der Waals surface area contributed by atoms with Crippen molar-refractivity contribution in [3.63, 3.8) is 0 Å². The van der Waals surface area contributed by atoms with Crippen molar-refractivity contribution >= 4 is 6.29 Å². The zero-order valence-corrected chi connectivity index (χ0v) is 9.27. The maximum atomic E-state index is 12.9. The molecule has 0 aliphatic rings. The number of halogens is 2. The smallest absolute Gasteiger partial charge is 0.168 e. The van der Waals surface area contributed by atoms with Crippen LogP contribution in [0.5, 0.6) is 5.75 Å². The van der Waals surface area contributed by atoms with E-state index in [2.05, 4.69) is 4.98 Å². The van der Waals surface area contributed by atoms with Crippen molar-refractivity contribution in [2.24, 2.45) is 0 Å². The van der Waals surface area contributed by atoms with E-state index in [1.165, 1.54) is 24.4 Å². The molecule has 1 heterocycles. The van der Waals surface area contributed by atoms with Gasteiger partial charge in [0.2, 0.25) is 0 Å². The number of ether oxygens (including phenoxy) is 1. The van der Waals surface area contributed by atoms with Crippen molar-refractivity contribution in [3.8, 4) is 5.75 Å². The maximum absolute atomic E-state index is 12.9. The predicted molar refractivity (Wildman–Crippen MR) is 60.3 cm³/mol. The second kappa shape index (κ2) is 5.35. The lowest BCUT2D eigenvalue weighted by molar-refractivity contribution is 0.111. The molecule has 0 aliphatic carbocycles. The van der Waals surface area contributed by atoms with Gasteiger partial charge >= 0.3 is 0 Å². The summed E-state index contributed by atoms with van der Waals surface area (Å²) in [6, 6.07) is 6.23. The maximum Gasteiger partial charge on any atom is 0.168 e. The van der Waals surface area contributed by atoms with Gasteiger partial charge < -0.3 is 4.74 Å². The Morgan fingerprint density at radius 1 is 1.17 bits per heavy atom. The van der Waals surface area contributed by atoms with Crippen LogP contribution in [0.1, 0.15) is 16.1 Å². The van der Waals surface area contributed by atoms with Crippen molar-refractivity contribution in [2.75, 3.05) is 0 Å². The van der Waals surface area contributed by atoms with E-state index < -0.39 is 11.6 Å². The van der Waals surface area contributed by atoms with Crippen molar-refractivity contribution in [1.29, 1.82) is 0 Å². The molecular formula is C13H9F2NO2. The molecule has 0 radical (unpaired) electrons. The van der Waals surface area contributed by atoms with Gasteiger partial charge in [0.05, 0.1) is 6.20 Å². The molecule has 92 valence electrons. The standard InChI is InChI=1S/C13H9F2NO2/c14-10-3-9(4-11(15)5-10)8-18-13-2-1-12(7-17)16-6-13/h1-7H,8H2. The minimum Gasteiger partial charge on any atom is -0.487 e. The Morgan fingerprint density at radius 2 is 1.89 bits per heavy atom. The highest BCUT2D eigenvalue weighted by molar-refractivity contribution is 5.71. The van der Waals surface area contributed by atoms with Gasteiger partial charge in [-0.3, -0.25) is 4.79 Å². The molecule has 5 heteroatoms. The topological polar surface area (TPSA) is 39.2 Å². The zero-order chi connectivity index (χ0) is 13.0. The van der Waals surface area contributed by atoms with Crippen LogP contribution in [0.15, 0.2) is 36.5 Å². The van der Waals surface area contributed by atoms with E-state index in [0.717, 1.165) is 6.07 Å². The first kappa shape index (κ1) is 12.2. The molecule has 0 amide bonds. The van der Waals surface area contributed by atoms with Crippen molar-refractivity contribution in [3.05, 3.63) is 59.4 Å². The first-order chi connectivity index (χ1) is 8.67. The quantitative estimate of drug-likeness (QED) is 0.782. The van der Waals surface area contributed by atoms with E-state index in [9.17, 15) is 13.6 Å². The molecule has 0 unspecified atom stereocenters. The van der Waals surface area contributed by atoms with Crippen LogP contribution in [0.3, 0.4) is 0 Å². The highest BCUT2D eigenvalue weighted by atomic mass is 19.1. The molecule has 18 heavy (non-hydrogen) atoms. The van der Waals surface area contributed by atoms with Crippen LogP contribution in [0, 0.1) is 11.6 Å². The number of aromatic nitrogens is 1. The second-order valence-corrected chi connectivity index (χ2v) is 3.60. The molecule has 2 rings (SSSR count). The first-order valence-corrected chi connectivity index (χ1v) is 5.16. The molecule has 1 aromatic heterocycles. The van der Waals surface area contributed by atoms with Gasteiger partial charge in [0.1, 0.15) is 29.7 Å². The summed E-state index contributed by atoms with van der Waals surface area (Å²) in [5, 5.41) is 0. The summed E-state index contributed by atoms with van der Waals surface area (Å²) in [4.78, 5) is 14.2. The number of hydrogen-bond acceptors (Lipinski definition) is 3. The highest BCUT2D eigenvalue weighted by Crippen LogP contribution is 2.13. The van der Waals surface area contributed by atoms with Gasteiger partial charge in [-0.15, -0.1) is 0 Å². The summed E-state index contributed by atoms with van der Waals surface area (Å²) in [6.07, 6.45) is 1.99. The fourth-order valence-electron chi connectivity index (χ4n) is 1.41. The molecule has 0 bridgehead atoms. The van der Waals surface area contributed by atoms with Crippen LogP contribution in [0.2, 0.25) is 0 Å². The van der Waals surface area contributed by atoms with Crippen molar-refractivity contribution in [1.82, 2.24) is 4.98 Å². The van der Waals surface area contributed by atoms with E-state index in [-0.39, 0.29) is 6.61 Å². The molecule has 0 saturated heterocycles. The molecule has 0 spiro atoms. The Kier molecular flexibility index (Phi) is 3.62. The number of aldehydes is 1. The lowest BCUT2D eigenvalue weighted by Crippen LogP contribution is -1.98. The van der Waals surface area contributed by atoms with Crippen molar-refractivity contribution < 1.29 is 18.3 Å². The number of benzene rings is 1. The molecule has 2 aromatic rings. The summed E-state index contributed by atoms with van der Waals surface area (Å²) in [7, 11) is 0. The third kappa shape index (κ3) is 3.10. The molecule has 0 N–H and O–H groups in total. The summed E-state index contributed by atoms with van der Waals surface area (Å²) in [5.41, 5.74) is 0.672. The van der Waals surface area contributed by atoms with E-state index >= 15 is 0 Å². The van der Waals surface area contributed by atoms with Crippen LogP contribution in [-0.4, -0.2) is 11.3 Å². The van der Waals surface area contributed by atoms with Crippen LogP contribution < -0.4 is 4.74 Å². The summed E-state index contributed by atoms with van der Waals surface area (Å²) in [5.74, 6) is -0.878. The lowest BCUT2D eigenvalue weighted by atomic mass is 10.2. The largest absolute Gasteiger partial charge is 0.487 e. The molecular weight excluding hydrogens is 240 g/mol. The third-order valence-corrected chi connectivity index (χ3v) is 2.21. The number of carbonyl (C=O) groups is 1. The van der Waals surface area contributed by atoms with Gasteiger partial charge in [-0.05, 0) is 29.8 Å². The summed E-state index contributed by atoms with van der Waals surface area (Å²) in [6.45, 7) is 0.0246. The predicted octanol–water partition coefficient (Wildman–Crippen LogP) is 2.75. The summed E-state index contributed by atoms with van der Waals surface area (Å²) >= 11 is 0. The van der Waals surface area contributed by atoms with E-state index in [0.29, 0.717) is 23.3 Å². The van der Waals surface area contributed by atoms with E-state index in [1.54, 1.807) is 6.07 Å². The Bertz CT molecular complexity index is 535. The highest BCUT2D eigenvalue weighted by Gasteiger charge is 2.02. The van der Waals surface area contributed by atoms with Crippen LogP contribution in [0.4, 0.5) is 8.78 Å². The zero-order valence-electron chi connectivity index (χ0n) is 9.27. The Balaban J connectivity index is 2.03. The normalized spacial score (nSPS) is 10.1. The van der Waals surface area contributed by atoms with Crippen molar-refractivity contribution in [2.45, 2.75) is 6.61 Å². The lowest BCUT2D eigenvalue weighted by Gasteiger charge is -2.06. The van der Waals surface area contributed by atoms with Gasteiger partial charge in [0.15, 0.2) is 6.29 Å². The van der Waals surface area contributed by atoms with Gasteiger partial charge in [0.25, 0.3) is 0 Å². The number of nitrogens with zero attached hydrogens (tertiary/aromatic N) is 1. The summed E-state index contributed by atoms with van der Waals surface area (Å²) < 4.78 is 31.1. The fraction of sp³-hybridized carbons (Fsp3) is 0.0769. The number of rotatable bonds is 4. The van der Waals surface area contributed by atoms with Gasteiger partial charge in [-0.25, -0.2) is 13.8 Å². The molecule has 3 nitrogen and oxygen atoms in total. The fourth-order valence-corrected chi connectivity index (χ4v) is 1.41. The average Bonchev–Trinajstić information content (AvgIpc) is 2.36. The van der Waals surface area contributed by atoms with E-state index in [4.69, 9.17) is 4.74 Å². The number of carbonyl (C=O) groups excluding carboxylic acids is 1. The van der Waals surface area contributed by atoms with Crippen LogP contribution in [-0.2, 0) is 6.61 Å². The molecule has 0 saturated carbocycles. The van der Waals surface area contributed by atoms with E-state index in [1.807, 2.05) is 0 Å². The minimum absolute atomic E-state index is 0.0246. The number of pyridine rings is 1. The third-order valence-electron chi connectivity index (χ3n) is 2.21. The monoisotopic (exact) mass is 249 g/mol. The Labute approximate surface area is 102 Å². The second-order valence-electron chi connectivity index (χ2n) is 3.60. The first-order valence-electron chi connectivity index (χ1n) is 5.16. The average molecular weight is 249 g/mol. The molecule has 1 aromatic carbocycles. The Morgan fingerprint density at radius 3 is 2.44 bits per heavy atom. The van der Waals surface area contributed by atoms with Crippen LogP contribution in [0.25, 0.3) is 0 Å². The van der Waals surface area contributed by atoms with Gasteiger partial charge in [-0.2, -0.15) is 0 Å². The van der Waals surface area contributed by atoms with Gasteiger partial charge in [0, 0.05) is 6.07 Å². The van der Waals surface area contributed by atoms with Crippen LogP contribution >= 0.6 is 0 Å². The van der Waals surface area contributed by atoms with Gasteiger partial charge in [-0.1, -0.05) is 0 Å².